The van der Waals surface area contributed by atoms with Gasteiger partial charge in [0.2, 0.25) is 0 Å². The average molecular weight is 134 g/mol. The van der Waals surface area contributed by atoms with Crippen LogP contribution in [0.25, 0.3) is 0 Å². The van der Waals surface area contributed by atoms with Gasteiger partial charge in [-0.05, 0) is 24.7 Å². The summed E-state index contributed by atoms with van der Waals surface area (Å²) in [4.78, 5) is 11.4. The summed E-state index contributed by atoms with van der Waals surface area (Å²) in [5.74, 6) is 2.58. The third-order valence-electron chi connectivity index (χ3n) is 3.62. The molecule has 0 aliphatic heterocycles. The number of hydrogen-bond acceptors (Lipinski definition) is 1. The van der Waals surface area contributed by atoms with Gasteiger partial charge in [0.1, 0.15) is 5.78 Å². The lowest BCUT2D eigenvalue weighted by Gasteiger charge is -2.06. The van der Waals surface area contributed by atoms with Crippen LogP contribution in [0.4, 0.5) is 0 Å². The molecule has 1 nitrogen and oxygen atoms in total. The number of carbonyl (C=O) groups is 1. The van der Waals surface area contributed by atoms with Crippen LogP contribution in [-0.2, 0) is 4.79 Å². The van der Waals surface area contributed by atoms with Gasteiger partial charge in [-0.3, -0.25) is 4.79 Å². The van der Waals surface area contributed by atoms with Crippen LogP contribution < -0.4 is 0 Å². The summed E-state index contributed by atoms with van der Waals surface area (Å²) in [7, 11) is 0. The summed E-state index contributed by atoms with van der Waals surface area (Å²) < 4.78 is 0. The molecule has 4 aliphatic rings. The molecule has 0 N–H and O–H groups in total. The molecule has 0 amide bonds. The van der Waals surface area contributed by atoms with Crippen LogP contribution in [-0.4, -0.2) is 5.78 Å². The van der Waals surface area contributed by atoms with Crippen LogP contribution in [0, 0.1) is 23.7 Å². The van der Waals surface area contributed by atoms with E-state index in [-0.39, 0.29) is 0 Å². The largest absolute Gasteiger partial charge is 0.299 e. The molecule has 4 saturated carbocycles. The van der Waals surface area contributed by atoms with Gasteiger partial charge in [-0.2, -0.15) is 0 Å². The zero-order valence-corrected chi connectivity index (χ0v) is 5.84. The maximum absolute atomic E-state index is 11.4. The van der Waals surface area contributed by atoms with E-state index < -0.39 is 0 Å². The Labute approximate surface area is 60.1 Å². The highest BCUT2D eigenvalue weighted by atomic mass is 16.1. The molecule has 0 aromatic rings. The maximum Gasteiger partial charge on any atom is 0.143 e. The van der Waals surface area contributed by atoms with Crippen molar-refractivity contribution in [2.75, 3.05) is 0 Å². The van der Waals surface area contributed by atoms with Crippen LogP contribution in [0.15, 0.2) is 12.2 Å². The van der Waals surface area contributed by atoms with Crippen LogP contribution in [0.2, 0.25) is 0 Å². The third kappa shape index (κ3) is 0.309. The van der Waals surface area contributed by atoms with E-state index in [2.05, 4.69) is 6.58 Å². The molecule has 0 spiro atoms. The molecule has 52 valence electrons. The number of carbonyl (C=O) groups excluding carboxylic acids is 1. The zero-order chi connectivity index (χ0) is 6.88. The topological polar surface area (TPSA) is 17.1 Å². The normalized spacial score (nSPS) is 55.6. The third-order valence-corrected chi connectivity index (χ3v) is 3.62. The molecule has 4 bridgehead atoms. The van der Waals surface area contributed by atoms with E-state index in [1.165, 1.54) is 18.4 Å². The Balaban J connectivity index is 2.22. The van der Waals surface area contributed by atoms with Gasteiger partial charge in [0.25, 0.3) is 0 Å². The molecule has 0 radical (unpaired) electrons. The summed E-state index contributed by atoms with van der Waals surface area (Å²) in [6, 6.07) is 0. The highest BCUT2D eigenvalue weighted by Crippen LogP contribution is 2.62. The Morgan fingerprint density at radius 1 is 1.30 bits per heavy atom. The van der Waals surface area contributed by atoms with Crippen LogP contribution in [0.5, 0.6) is 0 Å². The highest BCUT2D eigenvalue weighted by molar-refractivity contribution is 5.94. The van der Waals surface area contributed by atoms with Crippen molar-refractivity contribution in [1.82, 2.24) is 0 Å². The lowest BCUT2D eigenvalue weighted by Crippen LogP contribution is -2.11. The van der Waals surface area contributed by atoms with E-state index in [1.807, 2.05) is 0 Å². The van der Waals surface area contributed by atoms with Crippen LogP contribution in [0.3, 0.4) is 0 Å². The Morgan fingerprint density at radius 3 is 2.30 bits per heavy atom. The fraction of sp³-hybridized carbons (Fsp3) is 0.667. The van der Waals surface area contributed by atoms with Gasteiger partial charge in [-0.25, -0.2) is 0 Å². The van der Waals surface area contributed by atoms with Gasteiger partial charge >= 0.3 is 0 Å². The van der Waals surface area contributed by atoms with Crippen molar-refractivity contribution in [3.8, 4) is 0 Å². The molecule has 1 heteroatoms. The van der Waals surface area contributed by atoms with Gasteiger partial charge in [-0.1, -0.05) is 12.2 Å². The minimum Gasteiger partial charge on any atom is -0.299 e. The van der Waals surface area contributed by atoms with E-state index >= 15 is 0 Å². The molecule has 4 rings (SSSR count). The van der Waals surface area contributed by atoms with Crippen LogP contribution in [0.1, 0.15) is 12.8 Å². The van der Waals surface area contributed by atoms with Crippen LogP contribution >= 0.6 is 0 Å². The van der Waals surface area contributed by atoms with Gasteiger partial charge in [0, 0.05) is 11.8 Å². The number of rotatable bonds is 0. The van der Waals surface area contributed by atoms with Crippen molar-refractivity contribution in [3.63, 3.8) is 0 Å². The molecule has 4 fully saturated rings. The summed E-state index contributed by atoms with van der Waals surface area (Å²) in [5.41, 5.74) is 1.27. The molecule has 0 saturated heterocycles. The summed E-state index contributed by atoms with van der Waals surface area (Å²) in [5, 5.41) is 0. The first-order valence-corrected chi connectivity index (χ1v) is 4.01. The second kappa shape index (κ2) is 1.23. The number of ketones is 1. The minimum absolute atomic E-state index is 0.315. The Hall–Kier alpha value is -0.590. The Kier molecular flexibility index (Phi) is 0.627. The number of hydrogen-bond donors (Lipinski definition) is 0. The summed E-state index contributed by atoms with van der Waals surface area (Å²) in [6.07, 6.45) is 2.47. The standard InChI is InChI=1S/C9H10O/c1-4-6-2-5-3-7(6)9(10)8(4)5/h5-8H,1-3H2/t5-,6-,7-,8-/m1/s1. The SMILES string of the molecule is C=C1[C@H]2C(=O)[C@@H]3C[C@H]2C[C@H]13. The second-order valence-electron chi connectivity index (χ2n) is 3.90. The zero-order valence-electron chi connectivity index (χ0n) is 5.84. The van der Waals surface area contributed by atoms with E-state index in [1.54, 1.807) is 0 Å². The van der Waals surface area contributed by atoms with Gasteiger partial charge in [-0.15, -0.1) is 0 Å². The highest BCUT2D eigenvalue weighted by Gasteiger charge is 2.61. The quantitative estimate of drug-likeness (QED) is 0.458. The van der Waals surface area contributed by atoms with Crippen molar-refractivity contribution in [1.29, 1.82) is 0 Å². The van der Waals surface area contributed by atoms with Crippen molar-refractivity contribution in [2.45, 2.75) is 12.8 Å². The van der Waals surface area contributed by atoms with Gasteiger partial charge in [0.15, 0.2) is 0 Å². The van der Waals surface area contributed by atoms with E-state index in [0.29, 0.717) is 23.5 Å². The summed E-state index contributed by atoms with van der Waals surface area (Å²) >= 11 is 0. The first kappa shape index (κ1) is 5.11. The average Bonchev–Trinajstić information content (AvgIpc) is 2.51. The Bertz CT molecular complexity index is 217. The molecule has 10 heavy (non-hydrogen) atoms. The monoisotopic (exact) mass is 134 g/mol. The first-order valence-electron chi connectivity index (χ1n) is 4.01. The van der Waals surface area contributed by atoms with E-state index in [4.69, 9.17) is 0 Å². The van der Waals surface area contributed by atoms with Crippen molar-refractivity contribution < 1.29 is 4.79 Å². The molecule has 4 aliphatic carbocycles. The van der Waals surface area contributed by atoms with E-state index in [9.17, 15) is 4.79 Å². The predicted molar refractivity (Wildman–Crippen MR) is 37.3 cm³/mol. The molecule has 4 atom stereocenters. The molecular formula is C9H10O. The van der Waals surface area contributed by atoms with Gasteiger partial charge in [0.05, 0.1) is 0 Å². The molecule has 0 aromatic carbocycles. The molecular weight excluding hydrogens is 124 g/mol. The minimum atomic E-state index is 0.315. The fourth-order valence-corrected chi connectivity index (χ4v) is 3.25. The van der Waals surface area contributed by atoms with Crippen molar-refractivity contribution in [2.24, 2.45) is 23.7 Å². The smallest absolute Gasteiger partial charge is 0.143 e. The lowest BCUT2D eigenvalue weighted by atomic mass is 9.96. The van der Waals surface area contributed by atoms with Crippen molar-refractivity contribution in [3.05, 3.63) is 12.2 Å². The van der Waals surface area contributed by atoms with Gasteiger partial charge < -0.3 is 0 Å². The number of allylic oxidation sites excluding steroid dienone is 1. The Morgan fingerprint density at radius 2 is 2.00 bits per heavy atom. The maximum atomic E-state index is 11.4. The molecule has 0 heterocycles. The second-order valence-corrected chi connectivity index (χ2v) is 3.90. The van der Waals surface area contributed by atoms with E-state index in [0.717, 1.165) is 5.92 Å². The van der Waals surface area contributed by atoms with Crippen molar-refractivity contribution >= 4 is 5.78 Å². The number of Topliss-reactive ketones (excluding diaryl/α,β-unsaturated/α-hetero) is 1. The first-order chi connectivity index (χ1) is 4.79. The summed E-state index contributed by atoms with van der Waals surface area (Å²) in [6.45, 7) is 3.99. The fourth-order valence-electron chi connectivity index (χ4n) is 3.25. The predicted octanol–water partition coefficient (Wildman–Crippen LogP) is 1.40. The lowest BCUT2D eigenvalue weighted by molar-refractivity contribution is -0.122. The molecule has 0 aromatic heterocycles. The molecule has 0 unspecified atom stereocenters.